The van der Waals surface area contributed by atoms with Gasteiger partial charge in [-0.1, -0.05) is 19.9 Å². The third-order valence-electron chi connectivity index (χ3n) is 4.41. The normalized spacial score (nSPS) is 11.2. The number of halogens is 1. The molecule has 136 valence electrons. The molecule has 1 heterocycles. The largest absolute Gasteiger partial charge is 0.340 e. The number of carbonyl (C=O) groups is 1. The lowest BCUT2D eigenvalue weighted by Crippen LogP contribution is -2.36. The minimum absolute atomic E-state index is 0.0255. The van der Waals surface area contributed by atoms with E-state index >= 15 is 0 Å². The van der Waals surface area contributed by atoms with Gasteiger partial charge in [-0.05, 0) is 44.6 Å². The number of hydrogen-bond donors (Lipinski definition) is 0. The molecule has 1 aromatic heterocycles. The molecule has 0 bridgehead atoms. The molecule has 0 aliphatic rings. The first kappa shape index (κ1) is 19.5. The third kappa shape index (κ3) is 4.64. The molecule has 0 radical (unpaired) electrons. The monoisotopic (exact) mass is 363 g/mol. The highest BCUT2D eigenvalue weighted by molar-refractivity contribution is 7.17. The number of likely N-dealkylation sites (N-methyl/N-ethyl adjacent to an activating group) is 2. The van der Waals surface area contributed by atoms with E-state index in [0.717, 1.165) is 30.8 Å². The average molecular weight is 364 g/mol. The Hall–Kier alpha value is -1.79. The minimum atomic E-state index is -0.294. The second-order valence-electron chi connectivity index (χ2n) is 6.15. The van der Waals surface area contributed by atoms with Gasteiger partial charge in [-0.3, -0.25) is 4.79 Å². The number of amides is 1. The van der Waals surface area contributed by atoms with Gasteiger partial charge in [-0.15, -0.1) is 11.3 Å². The van der Waals surface area contributed by atoms with Crippen LogP contribution in [-0.4, -0.2) is 53.9 Å². The number of benzene rings is 1. The molecule has 0 unspecified atom stereocenters. The van der Waals surface area contributed by atoms with Crippen LogP contribution in [-0.2, 0) is 0 Å². The summed E-state index contributed by atoms with van der Waals surface area (Å²) in [7, 11) is 1.82. The quantitative estimate of drug-likeness (QED) is 0.747. The van der Waals surface area contributed by atoms with Gasteiger partial charge in [0, 0.05) is 25.7 Å². The minimum Gasteiger partial charge on any atom is -0.340 e. The highest BCUT2D eigenvalue weighted by Gasteiger charge is 2.20. The summed E-state index contributed by atoms with van der Waals surface area (Å²) >= 11 is 1.34. The molecule has 1 aromatic carbocycles. The lowest BCUT2D eigenvalue weighted by molar-refractivity contribution is 0.0783. The Morgan fingerprint density at radius 2 is 1.88 bits per heavy atom. The number of rotatable bonds is 7. The molecule has 2 aromatic rings. The van der Waals surface area contributed by atoms with Crippen LogP contribution >= 0.6 is 11.3 Å². The van der Waals surface area contributed by atoms with Gasteiger partial charge in [0.25, 0.3) is 5.91 Å². The summed E-state index contributed by atoms with van der Waals surface area (Å²) in [6.07, 6.45) is 0. The summed E-state index contributed by atoms with van der Waals surface area (Å²) in [5.41, 5.74) is 2.39. The van der Waals surface area contributed by atoms with E-state index in [1.165, 1.54) is 23.5 Å². The Bertz CT molecular complexity index is 740. The van der Waals surface area contributed by atoms with E-state index in [4.69, 9.17) is 0 Å². The fourth-order valence-corrected chi connectivity index (χ4v) is 3.78. The molecule has 0 N–H and O–H groups in total. The van der Waals surface area contributed by atoms with Crippen LogP contribution in [0, 0.1) is 19.7 Å². The molecule has 25 heavy (non-hydrogen) atoms. The van der Waals surface area contributed by atoms with Crippen molar-refractivity contribution in [3.63, 3.8) is 0 Å². The molecule has 0 spiro atoms. The molecular formula is C19H26FN3OS. The van der Waals surface area contributed by atoms with Crippen molar-refractivity contribution in [1.82, 2.24) is 14.8 Å². The van der Waals surface area contributed by atoms with Crippen LogP contribution in [0.2, 0.25) is 0 Å². The second-order valence-corrected chi connectivity index (χ2v) is 7.15. The molecule has 0 aliphatic carbocycles. The van der Waals surface area contributed by atoms with E-state index in [2.05, 4.69) is 23.7 Å². The average Bonchev–Trinajstić information content (AvgIpc) is 2.98. The molecule has 1 amide bonds. The Morgan fingerprint density at radius 1 is 1.20 bits per heavy atom. The summed E-state index contributed by atoms with van der Waals surface area (Å²) < 4.78 is 13.6. The van der Waals surface area contributed by atoms with E-state index in [1.807, 2.05) is 20.9 Å². The first-order valence-corrected chi connectivity index (χ1v) is 9.40. The Morgan fingerprint density at radius 3 is 2.52 bits per heavy atom. The first-order valence-electron chi connectivity index (χ1n) is 8.59. The molecule has 0 atom stereocenters. The molecule has 6 heteroatoms. The number of aromatic nitrogens is 1. The van der Waals surface area contributed by atoms with Crippen molar-refractivity contribution in [2.24, 2.45) is 0 Å². The number of nitrogens with zero attached hydrogens (tertiary/aromatic N) is 3. The summed E-state index contributed by atoms with van der Waals surface area (Å²) in [6, 6.07) is 4.65. The number of thiazole rings is 1. The number of carbonyl (C=O) groups excluding carboxylic acids is 1. The summed E-state index contributed by atoms with van der Waals surface area (Å²) in [5.74, 6) is -0.319. The van der Waals surface area contributed by atoms with Crippen molar-refractivity contribution in [3.05, 3.63) is 40.2 Å². The van der Waals surface area contributed by atoms with Crippen molar-refractivity contribution in [1.29, 1.82) is 0 Å². The maximum absolute atomic E-state index is 13.6. The van der Waals surface area contributed by atoms with Crippen molar-refractivity contribution in [2.75, 3.05) is 33.2 Å². The maximum atomic E-state index is 13.6. The molecule has 0 fully saturated rings. The SMILES string of the molecule is CCN(CC)CCN(C)C(=O)c1sc(-c2cc(F)ccc2C)nc1C. The van der Waals surface area contributed by atoms with Gasteiger partial charge >= 0.3 is 0 Å². The predicted molar refractivity (Wildman–Crippen MR) is 102 cm³/mol. The summed E-state index contributed by atoms with van der Waals surface area (Å²) in [5, 5.41) is 0.690. The number of aryl methyl sites for hydroxylation is 2. The van der Waals surface area contributed by atoms with Crippen LogP contribution in [0.15, 0.2) is 18.2 Å². The lowest BCUT2D eigenvalue weighted by atomic mass is 10.1. The van der Waals surface area contributed by atoms with E-state index in [0.29, 0.717) is 22.1 Å². The van der Waals surface area contributed by atoms with Crippen LogP contribution < -0.4 is 0 Å². The molecule has 2 rings (SSSR count). The molecule has 0 aliphatic heterocycles. The van der Waals surface area contributed by atoms with Gasteiger partial charge in [-0.2, -0.15) is 0 Å². The third-order valence-corrected chi connectivity index (χ3v) is 5.59. The van der Waals surface area contributed by atoms with Crippen molar-refractivity contribution in [2.45, 2.75) is 27.7 Å². The zero-order chi connectivity index (χ0) is 18.6. The van der Waals surface area contributed by atoms with Crippen LogP contribution in [0.25, 0.3) is 10.6 Å². The van der Waals surface area contributed by atoms with E-state index in [9.17, 15) is 9.18 Å². The van der Waals surface area contributed by atoms with Gasteiger partial charge in [0.2, 0.25) is 0 Å². The second kappa shape index (κ2) is 8.54. The standard InChI is InChI=1S/C19H26FN3OS/c1-6-23(7-2)11-10-22(5)19(24)17-14(4)21-18(25-17)16-12-15(20)9-8-13(16)3/h8-9,12H,6-7,10-11H2,1-5H3. The van der Waals surface area contributed by atoms with E-state index in [1.54, 1.807) is 11.0 Å². The zero-order valence-corrected chi connectivity index (χ0v) is 16.4. The van der Waals surface area contributed by atoms with E-state index in [-0.39, 0.29) is 11.7 Å². The highest BCUT2D eigenvalue weighted by Crippen LogP contribution is 2.31. The molecule has 0 saturated carbocycles. The number of hydrogen-bond acceptors (Lipinski definition) is 4. The van der Waals surface area contributed by atoms with Crippen molar-refractivity contribution in [3.8, 4) is 10.6 Å². The van der Waals surface area contributed by atoms with Gasteiger partial charge in [-0.25, -0.2) is 9.37 Å². The summed E-state index contributed by atoms with van der Waals surface area (Å²) in [6.45, 7) is 11.5. The Kier molecular flexibility index (Phi) is 6.67. The van der Waals surface area contributed by atoms with Crippen LogP contribution in [0.3, 0.4) is 0 Å². The van der Waals surface area contributed by atoms with Gasteiger partial charge in [0.15, 0.2) is 0 Å². The Balaban J connectivity index is 2.18. The topological polar surface area (TPSA) is 36.4 Å². The molecule has 4 nitrogen and oxygen atoms in total. The fraction of sp³-hybridized carbons (Fsp3) is 0.474. The van der Waals surface area contributed by atoms with Crippen LogP contribution in [0.1, 0.15) is 34.8 Å². The van der Waals surface area contributed by atoms with Gasteiger partial charge in [0.1, 0.15) is 15.7 Å². The first-order chi connectivity index (χ1) is 11.9. The highest BCUT2D eigenvalue weighted by atomic mass is 32.1. The smallest absolute Gasteiger partial charge is 0.265 e. The van der Waals surface area contributed by atoms with E-state index < -0.39 is 0 Å². The van der Waals surface area contributed by atoms with Crippen LogP contribution in [0.5, 0.6) is 0 Å². The molecule has 0 saturated heterocycles. The zero-order valence-electron chi connectivity index (χ0n) is 15.6. The molecular weight excluding hydrogens is 337 g/mol. The van der Waals surface area contributed by atoms with Gasteiger partial charge in [0.05, 0.1) is 5.69 Å². The van der Waals surface area contributed by atoms with Crippen molar-refractivity contribution >= 4 is 17.2 Å². The summed E-state index contributed by atoms with van der Waals surface area (Å²) in [4.78, 5) is 21.9. The van der Waals surface area contributed by atoms with Crippen LogP contribution in [0.4, 0.5) is 4.39 Å². The fourth-order valence-electron chi connectivity index (χ4n) is 2.64. The lowest BCUT2D eigenvalue weighted by Gasteiger charge is -2.22. The van der Waals surface area contributed by atoms with Gasteiger partial charge < -0.3 is 9.80 Å². The Labute approximate surface area is 153 Å². The predicted octanol–water partition coefficient (Wildman–Crippen LogP) is 3.98. The van der Waals surface area contributed by atoms with Crippen molar-refractivity contribution < 1.29 is 9.18 Å². The maximum Gasteiger partial charge on any atom is 0.265 e.